The zero-order valence-corrected chi connectivity index (χ0v) is 12.3. The lowest BCUT2D eigenvalue weighted by Gasteiger charge is -2.17. The molecule has 3 heteroatoms. The lowest BCUT2D eigenvalue weighted by atomic mass is 9.99. The van der Waals surface area contributed by atoms with Crippen molar-refractivity contribution in [3.63, 3.8) is 0 Å². The summed E-state index contributed by atoms with van der Waals surface area (Å²) < 4.78 is 14.1. The second-order valence-corrected chi connectivity index (χ2v) is 5.47. The molecular formula is C15H15FIN. The molecule has 2 rings (SSSR count). The Morgan fingerprint density at radius 1 is 1.17 bits per heavy atom. The van der Waals surface area contributed by atoms with Crippen LogP contribution in [0.3, 0.4) is 0 Å². The number of rotatable bonds is 4. The molecule has 0 amide bonds. The van der Waals surface area contributed by atoms with Crippen molar-refractivity contribution < 1.29 is 4.39 Å². The molecule has 0 aromatic heterocycles. The van der Waals surface area contributed by atoms with Crippen molar-refractivity contribution in [2.75, 3.05) is 7.05 Å². The van der Waals surface area contributed by atoms with Crippen LogP contribution in [-0.2, 0) is 6.42 Å². The highest BCUT2D eigenvalue weighted by Crippen LogP contribution is 2.20. The average molecular weight is 355 g/mol. The Labute approximate surface area is 121 Å². The molecule has 1 N–H and O–H groups in total. The van der Waals surface area contributed by atoms with Gasteiger partial charge in [-0.3, -0.25) is 0 Å². The summed E-state index contributed by atoms with van der Waals surface area (Å²) in [7, 11) is 1.95. The molecule has 1 nitrogen and oxygen atoms in total. The van der Waals surface area contributed by atoms with Crippen LogP contribution in [0.25, 0.3) is 0 Å². The summed E-state index contributed by atoms with van der Waals surface area (Å²) in [5.74, 6) is -0.186. The van der Waals surface area contributed by atoms with Crippen molar-refractivity contribution in [3.8, 4) is 0 Å². The van der Waals surface area contributed by atoms with E-state index in [-0.39, 0.29) is 11.9 Å². The van der Waals surface area contributed by atoms with Crippen LogP contribution in [0, 0.1) is 9.39 Å². The molecule has 0 saturated heterocycles. The van der Waals surface area contributed by atoms with Crippen molar-refractivity contribution in [1.82, 2.24) is 5.32 Å². The molecule has 0 aliphatic heterocycles. The molecule has 0 aliphatic rings. The summed E-state index contributed by atoms with van der Waals surface area (Å²) in [4.78, 5) is 0. The highest BCUT2D eigenvalue weighted by molar-refractivity contribution is 14.1. The molecule has 1 unspecified atom stereocenters. The van der Waals surface area contributed by atoms with Gasteiger partial charge in [-0.15, -0.1) is 0 Å². The van der Waals surface area contributed by atoms with Crippen LogP contribution >= 0.6 is 22.6 Å². The van der Waals surface area contributed by atoms with Gasteiger partial charge in [0.2, 0.25) is 0 Å². The van der Waals surface area contributed by atoms with Gasteiger partial charge in [-0.25, -0.2) is 4.39 Å². The molecule has 0 fully saturated rings. The predicted molar refractivity (Wildman–Crippen MR) is 81.1 cm³/mol. The van der Waals surface area contributed by atoms with Crippen LogP contribution in [0.4, 0.5) is 4.39 Å². The summed E-state index contributed by atoms with van der Waals surface area (Å²) in [6, 6.07) is 15.4. The van der Waals surface area contributed by atoms with E-state index in [1.54, 1.807) is 0 Å². The van der Waals surface area contributed by atoms with E-state index >= 15 is 0 Å². The van der Waals surface area contributed by atoms with Gasteiger partial charge >= 0.3 is 0 Å². The van der Waals surface area contributed by atoms with E-state index in [2.05, 4.69) is 52.2 Å². The Kier molecular flexibility index (Phi) is 4.72. The lowest BCUT2D eigenvalue weighted by Crippen LogP contribution is -2.18. The fourth-order valence-corrected chi connectivity index (χ4v) is 2.53. The van der Waals surface area contributed by atoms with Gasteiger partial charge in [0, 0.05) is 9.61 Å². The number of hydrogen-bond acceptors (Lipinski definition) is 1. The second-order valence-electron chi connectivity index (χ2n) is 4.23. The first kappa shape index (κ1) is 13.5. The van der Waals surface area contributed by atoms with Crippen molar-refractivity contribution in [1.29, 1.82) is 0 Å². The number of benzene rings is 2. The third-order valence-corrected chi connectivity index (χ3v) is 3.62. The lowest BCUT2D eigenvalue weighted by molar-refractivity contribution is 0.588. The number of halogens is 2. The molecule has 0 saturated carbocycles. The predicted octanol–water partition coefficient (Wildman–Crippen LogP) is 3.93. The van der Waals surface area contributed by atoms with Gasteiger partial charge in [-0.05, 0) is 71.5 Å². The Hall–Kier alpha value is -0.940. The van der Waals surface area contributed by atoms with Crippen LogP contribution in [0.2, 0.25) is 0 Å². The molecule has 94 valence electrons. The maximum absolute atomic E-state index is 12.9. The molecule has 0 aliphatic carbocycles. The van der Waals surface area contributed by atoms with Gasteiger partial charge < -0.3 is 5.32 Å². The molecule has 2 aromatic carbocycles. The highest BCUT2D eigenvalue weighted by atomic mass is 127. The van der Waals surface area contributed by atoms with Crippen molar-refractivity contribution >= 4 is 22.6 Å². The minimum atomic E-state index is -0.186. The maximum Gasteiger partial charge on any atom is 0.123 e. The van der Waals surface area contributed by atoms with E-state index in [9.17, 15) is 4.39 Å². The largest absolute Gasteiger partial charge is 0.313 e. The fraction of sp³-hybridized carbons (Fsp3) is 0.200. The Balaban J connectivity index is 2.17. The van der Waals surface area contributed by atoms with Gasteiger partial charge in [0.25, 0.3) is 0 Å². The molecule has 0 bridgehead atoms. The summed E-state index contributed by atoms with van der Waals surface area (Å²) in [6.07, 6.45) is 0.858. The van der Waals surface area contributed by atoms with Gasteiger partial charge in [0.05, 0.1) is 0 Å². The van der Waals surface area contributed by atoms with E-state index in [1.807, 2.05) is 19.2 Å². The number of nitrogens with one attached hydrogen (secondary N) is 1. The second kappa shape index (κ2) is 6.29. The van der Waals surface area contributed by atoms with Crippen LogP contribution in [0.15, 0.2) is 48.5 Å². The molecule has 2 aromatic rings. The number of hydrogen-bond donors (Lipinski definition) is 1. The Morgan fingerprint density at radius 2 is 1.89 bits per heavy atom. The molecule has 1 atom stereocenters. The normalized spacial score (nSPS) is 12.4. The quantitative estimate of drug-likeness (QED) is 0.820. The van der Waals surface area contributed by atoms with E-state index in [4.69, 9.17) is 0 Å². The zero-order chi connectivity index (χ0) is 13.0. The first-order chi connectivity index (χ1) is 8.69. The maximum atomic E-state index is 12.9. The molecule has 0 spiro atoms. The minimum absolute atomic E-state index is 0.186. The van der Waals surface area contributed by atoms with E-state index < -0.39 is 0 Å². The van der Waals surface area contributed by atoms with E-state index in [0.717, 1.165) is 12.0 Å². The number of likely N-dealkylation sites (N-methyl/N-ethyl adjacent to an activating group) is 1. The molecular weight excluding hydrogens is 340 g/mol. The topological polar surface area (TPSA) is 12.0 Å². The van der Waals surface area contributed by atoms with Gasteiger partial charge in [-0.2, -0.15) is 0 Å². The third kappa shape index (κ3) is 3.53. The third-order valence-electron chi connectivity index (χ3n) is 2.95. The highest BCUT2D eigenvalue weighted by Gasteiger charge is 2.10. The fourth-order valence-electron chi connectivity index (χ4n) is 1.97. The monoisotopic (exact) mass is 355 g/mol. The Morgan fingerprint density at radius 3 is 2.50 bits per heavy atom. The van der Waals surface area contributed by atoms with Crippen LogP contribution in [-0.4, -0.2) is 7.05 Å². The Bertz CT molecular complexity index is 510. The van der Waals surface area contributed by atoms with Crippen LogP contribution < -0.4 is 5.32 Å². The van der Waals surface area contributed by atoms with Crippen molar-refractivity contribution in [2.45, 2.75) is 12.5 Å². The van der Waals surface area contributed by atoms with E-state index in [1.165, 1.54) is 21.3 Å². The molecule has 0 radical (unpaired) electrons. The first-order valence-electron chi connectivity index (χ1n) is 5.86. The SMILES string of the molecule is CNC(Cc1ccc(F)cc1)c1cccc(I)c1. The summed E-state index contributed by atoms with van der Waals surface area (Å²) >= 11 is 2.31. The smallest absolute Gasteiger partial charge is 0.123 e. The van der Waals surface area contributed by atoms with Gasteiger partial charge in [0.15, 0.2) is 0 Å². The van der Waals surface area contributed by atoms with Gasteiger partial charge in [0.1, 0.15) is 5.82 Å². The zero-order valence-electron chi connectivity index (χ0n) is 10.2. The van der Waals surface area contributed by atoms with Crippen LogP contribution in [0.5, 0.6) is 0 Å². The van der Waals surface area contributed by atoms with Crippen LogP contribution in [0.1, 0.15) is 17.2 Å². The van der Waals surface area contributed by atoms with Gasteiger partial charge in [-0.1, -0.05) is 24.3 Å². The van der Waals surface area contributed by atoms with E-state index in [0.29, 0.717) is 0 Å². The standard InChI is InChI=1S/C15H15FIN/c1-18-15(12-3-2-4-14(17)10-12)9-11-5-7-13(16)8-6-11/h2-8,10,15,18H,9H2,1H3. The summed E-state index contributed by atoms with van der Waals surface area (Å²) in [5.41, 5.74) is 2.39. The summed E-state index contributed by atoms with van der Waals surface area (Å²) in [6.45, 7) is 0. The average Bonchev–Trinajstić information content (AvgIpc) is 2.38. The first-order valence-corrected chi connectivity index (χ1v) is 6.94. The van der Waals surface area contributed by atoms with Crippen molar-refractivity contribution in [2.24, 2.45) is 0 Å². The molecule has 0 heterocycles. The summed E-state index contributed by atoms with van der Waals surface area (Å²) in [5, 5.41) is 3.31. The minimum Gasteiger partial charge on any atom is -0.313 e. The van der Waals surface area contributed by atoms with Crippen molar-refractivity contribution in [3.05, 3.63) is 69.0 Å². The molecule has 18 heavy (non-hydrogen) atoms.